The molecule has 0 aliphatic rings. The van der Waals surface area contributed by atoms with Crippen molar-refractivity contribution in [1.82, 2.24) is 9.38 Å². The predicted molar refractivity (Wildman–Crippen MR) is 67.4 cm³/mol. The lowest BCUT2D eigenvalue weighted by Crippen LogP contribution is -2.03. The van der Waals surface area contributed by atoms with Crippen LogP contribution in [0.15, 0.2) is 11.6 Å². The average molecular weight is 252 g/mol. The molecule has 2 aromatic rings. The molecule has 5 heteroatoms. The number of methoxy groups -OCH3 is 1. The number of esters is 1. The monoisotopic (exact) mass is 252 g/mol. The molecule has 0 fully saturated rings. The highest BCUT2D eigenvalue weighted by Crippen LogP contribution is 2.18. The third kappa shape index (κ3) is 2.66. The maximum Gasteiger partial charge on any atom is 0.305 e. The SMILES string of the molecule is CCCc1cn2c(CCC(=O)OC)csc2n1. The Labute approximate surface area is 104 Å². The molecule has 0 aliphatic heterocycles. The van der Waals surface area contributed by atoms with Crippen molar-refractivity contribution in [3.05, 3.63) is 23.0 Å². The van der Waals surface area contributed by atoms with Crippen LogP contribution in [0.4, 0.5) is 0 Å². The summed E-state index contributed by atoms with van der Waals surface area (Å²) >= 11 is 1.62. The van der Waals surface area contributed by atoms with E-state index in [9.17, 15) is 4.79 Å². The topological polar surface area (TPSA) is 43.6 Å². The van der Waals surface area contributed by atoms with Gasteiger partial charge in [-0.2, -0.15) is 0 Å². The van der Waals surface area contributed by atoms with E-state index in [2.05, 4.69) is 32.6 Å². The van der Waals surface area contributed by atoms with Gasteiger partial charge in [0.15, 0.2) is 4.96 Å². The van der Waals surface area contributed by atoms with Crippen molar-refractivity contribution in [3.8, 4) is 0 Å². The first kappa shape index (κ1) is 12.1. The van der Waals surface area contributed by atoms with E-state index in [0.29, 0.717) is 12.8 Å². The van der Waals surface area contributed by atoms with Gasteiger partial charge < -0.3 is 4.74 Å². The molecule has 17 heavy (non-hydrogen) atoms. The summed E-state index contributed by atoms with van der Waals surface area (Å²) in [6, 6.07) is 0. The third-order valence-electron chi connectivity index (χ3n) is 2.65. The summed E-state index contributed by atoms with van der Waals surface area (Å²) in [4.78, 5) is 16.7. The highest BCUT2D eigenvalue weighted by molar-refractivity contribution is 7.15. The van der Waals surface area contributed by atoms with Gasteiger partial charge >= 0.3 is 5.97 Å². The maximum absolute atomic E-state index is 11.1. The first-order valence-corrected chi connectivity index (χ1v) is 6.63. The molecule has 2 heterocycles. The molecule has 0 amide bonds. The minimum atomic E-state index is -0.168. The van der Waals surface area contributed by atoms with Crippen LogP contribution < -0.4 is 0 Å². The molecular weight excluding hydrogens is 236 g/mol. The Morgan fingerprint density at radius 1 is 1.53 bits per heavy atom. The number of hydrogen-bond acceptors (Lipinski definition) is 4. The van der Waals surface area contributed by atoms with E-state index in [4.69, 9.17) is 0 Å². The standard InChI is InChI=1S/C12H16N2O2S/c1-3-4-9-7-14-10(5-6-11(15)16-2)8-17-12(14)13-9/h7-8H,3-6H2,1-2H3. The summed E-state index contributed by atoms with van der Waals surface area (Å²) in [5.74, 6) is -0.168. The van der Waals surface area contributed by atoms with Gasteiger partial charge in [-0.15, -0.1) is 11.3 Å². The molecule has 0 unspecified atom stereocenters. The molecule has 2 rings (SSSR count). The first-order chi connectivity index (χ1) is 8.24. The molecule has 0 N–H and O–H groups in total. The molecule has 0 saturated heterocycles. The number of imidazole rings is 1. The molecule has 92 valence electrons. The van der Waals surface area contributed by atoms with Gasteiger partial charge in [-0.1, -0.05) is 13.3 Å². The average Bonchev–Trinajstić information content (AvgIpc) is 2.86. The van der Waals surface area contributed by atoms with Crippen molar-refractivity contribution in [2.75, 3.05) is 7.11 Å². The number of aryl methyl sites for hydroxylation is 2. The number of carbonyl (C=O) groups is 1. The van der Waals surface area contributed by atoms with Gasteiger partial charge in [0.2, 0.25) is 0 Å². The molecule has 4 nitrogen and oxygen atoms in total. The predicted octanol–water partition coefficient (Wildman–Crippen LogP) is 2.45. The normalized spacial score (nSPS) is 10.9. The number of hydrogen-bond donors (Lipinski definition) is 0. The molecule has 0 spiro atoms. The maximum atomic E-state index is 11.1. The number of ether oxygens (including phenoxy) is 1. The number of aromatic nitrogens is 2. The molecule has 0 aliphatic carbocycles. The smallest absolute Gasteiger partial charge is 0.305 e. The summed E-state index contributed by atoms with van der Waals surface area (Å²) in [5, 5.41) is 2.06. The van der Waals surface area contributed by atoms with Crippen molar-refractivity contribution in [3.63, 3.8) is 0 Å². The van der Waals surface area contributed by atoms with E-state index in [1.165, 1.54) is 7.11 Å². The fourth-order valence-electron chi connectivity index (χ4n) is 1.76. The first-order valence-electron chi connectivity index (χ1n) is 5.75. The van der Waals surface area contributed by atoms with Crippen molar-refractivity contribution in [2.45, 2.75) is 32.6 Å². The Balaban J connectivity index is 2.14. The van der Waals surface area contributed by atoms with E-state index >= 15 is 0 Å². The number of nitrogens with zero attached hydrogens (tertiary/aromatic N) is 2. The van der Waals surface area contributed by atoms with E-state index in [1.54, 1.807) is 11.3 Å². The van der Waals surface area contributed by atoms with Gasteiger partial charge in [0.05, 0.1) is 19.2 Å². The van der Waals surface area contributed by atoms with Crippen molar-refractivity contribution in [2.24, 2.45) is 0 Å². The molecule has 0 aromatic carbocycles. The number of fused-ring (bicyclic) bond motifs is 1. The second-order valence-corrected chi connectivity index (χ2v) is 4.77. The fourth-order valence-corrected chi connectivity index (χ4v) is 2.69. The zero-order valence-electron chi connectivity index (χ0n) is 10.1. The Hall–Kier alpha value is -1.36. The van der Waals surface area contributed by atoms with Crippen molar-refractivity contribution < 1.29 is 9.53 Å². The lowest BCUT2D eigenvalue weighted by Gasteiger charge is -1.98. The van der Waals surface area contributed by atoms with Gasteiger partial charge in [-0.3, -0.25) is 9.20 Å². The molecule has 0 radical (unpaired) electrons. The lowest BCUT2D eigenvalue weighted by molar-refractivity contribution is -0.140. The van der Waals surface area contributed by atoms with Crippen LogP contribution in [0, 0.1) is 0 Å². The van der Waals surface area contributed by atoms with Crippen LogP contribution in [0.2, 0.25) is 0 Å². The Morgan fingerprint density at radius 2 is 2.35 bits per heavy atom. The summed E-state index contributed by atoms with van der Waals surface area (Å²) in [7, 11) is 1.42. The minimum Gasteiger partial charge on any atom is -0.469 e. The molecule has 0 bridgehead atoms. The summed E-state index contributed by atoms with van der Waals surface area (Å²) in [6.45, 7) is 2.14. The van der Waals surface area contributed by atoms with Crippen molar-refractivity contribution >= 4 is 22.3 Å². The van der Waals surface area contributed by atoms with Crippen molar-refractivity contribution in [1.29, 1.82) is 0 Å². The zero-order chi connectivity index (χ0) is 12.3. The number of carbonyl (C=O) groups excluding carboxylic acids is 1. The quantitative estimate of drug-likeness (QED) is 0.768. The van der Waals surface area contributed by atoms with Crippen LogP contribution >= 0.6 is 11.3 Å². The molecule has 0 atom stereocenters. The summed E-state index contributed by atoms with van der Waals surface area (Å²) in [6.07, 6.45) is 5.30. The van der Waals surface area contributed by atoms with E-state index in [-0.39, 0.29) is 5.97 Å². The van der Waals surface area contributed by atoms with E-state index in [0.717, 1.165) is 29.2 Å². The lowest BCUT2D eigenvalue weighted by atomic mass is 10.2. The van der Waals surface area contributed by atoms with Gasteiger partial charge in [0.25, 0.3) is 0 Å². The van der Waals surface area contributed by atoms with E-state index < -0.39 is 0 Å². The molecule has 0 saturated carbocycles. The number of thiazole rings is 1. The van der Waals surface area contributed by atoms with Crippen LogP contribution in [0.3, 0.4) is 0 Å². The van der Waals surface area contributed by atoms with Gasteiger partial charge in [0, 0.05) is 17.3 Å². The largest absolute Gasteiger partial charge is 0.469 e. The van der Waals surface area contributed by atoms with Crippen LogP contribution in [0.5, 0.6) is 0 Å². The fraction of sp³-hybridized carbons (Fsp3) is 0.500. The Morgan fingerprint density at radius 3 is 3.06 bits per heavy atom. The minimum absolute atomic E-state index is 0.168. The summed E-state index contributed by atoms with van der Waals surface area (Å²) in [5.41, 5.74) is 2.25. The summed E-state index contributed by atoms with van der Waals surface area (Å²) < 4.78 is 6.73. The third-order valence-corrected chi connectivity index (χ3v) is 3.54. The highest BCUT2D eigenvalue weighted by atomic mass is 32.1. The number of rotatable bonds is 5. The van der Waals surface area contributed by atoms with Gasteiger partial charge in [-0.25, -0.2) is 4.98 Å². The van der Waals surface area contributed by atoms with E-state index in [1.807, 2.05) is 0 Å². The van der Waals surface area contributed by atoms with Crippen LogP contribution in [-0.4, -0.2) is 22.5 Å². The molecule has 2 aromatic heterocycles. The zero-order valence-corrected chi connectivity index (χ0v) is 10.9. The second kappa shape index (κ2) is 5.31. The second-order valence-electron chi connectivity index (χ2n) is 3.94. The van der Waals surface area contributed by atoms with Crippen LogP contribution in [-0.2, 0) is 22.4 Å². The van der Waals surface area contributed by atoms with Gasteiger partial charge in [-0.05, 0) is 12.8 Å². The van der Waals surface area contributed by atoms with Gasteiger partial charge in [0.1, 0.15) is 0 Å². The Bertz CT molecular complexity index is 516. The van der Waals surface area contributed by atoms with Crippen LogP contribution in [0.1, 0.15) is 31.2 Å². The highest BCUT2D eigenvalue weighted by Gasteiger charge is 2.09. The molecular formula is C12H16N2O2S. The van der Waals surface area contributed by atoms with Crippen LogP contribution in [0.25, 0.3) is 4.96 Å². The Kier molecular flexibility index (Phi) is 3.78.